The van der Waals surface area contributed by atoms with Gasteiger partial charge in [0.05, 0.1) is 12.2 Å². The fraction of sp³-hybridized carbons (Fsp3) is 0.238. The Bertz CT molecular complexity index is 822. The first-order valence-electron chi connectivity index (χ1n) is 8.75. The van der Waals surface area contributed by atoms with Gasteiger partial charge in [0.25, 0.3) is 0 Å². The van der Waals surface area contributed by atoms with Gasteiger partial charge in [-0.05, 0) is 30.4 Å². The Morgan fingerprint density at radius 1 is 0.960 bits per heavy atom. The van der Waals surface area contributed by atoms with E-state index < -0.39 is 0 Å². The molecule has 0 amide bonds. The summed E-state index contributed by atoms with van der Waals surface area (Å²) in [4.78, 5) is 9.20. The van der Waals surface area contributed by atoms with Gasteiger partial charge in [0.1, 0.15) is 0 Å². The van der Waals surface area contributed by atoms with Gasteiger partial charge in [-0.15, -0.1) is 0 Å². The maximum atomic E-state index is 4.70. The van der Waals surface area contributed by atoms with Gasteiger partial charge in [0.15, 0.2) is 5.96 Å². The summed E-state index contributed by atoms with van der Waals surface area (Å²) in [5, 5.41) is 9.06. The molecular weight excluding hydrogens is 308 g/mol. The minimum Gasteiger partial charge on any atom is -0.357 e. The van der Waals surface area contributed by atoms with Crippen molar-refractivity contribution in [1.82, 2.24) is 15.6 Å². The quantitative estimate of drug-likeness (QED) is 0.536. The van der Waals surface area contributed by atoms with Crippen molar-refractivity contribution < 1.29 is 0 Å². The van der Waals surface area contributed by atoms with Crippen molar-refractivity contribution in [2.75, 3.05) is 13.1 Å². The number of aromatic nitrogens is 1. The van der Waals surface area contributed by atoms with Gasteiger partial charge in [-0.25, -0.2) is 4.99 Å². The predicted octanol–water partition coefficient (Wildman–Crippen LogP) is 3.53. The smallest absolute Gasteiger partial charge is 0.191 e. The van der Waals surface area contributed by atoms with Gasteiger partial charge < -0.3 is 10.6 Å². The van der Waals surface area contributed by atoms with Crippen molar-refractivity contribution in [3.8, 4) is 0 Å². The van der Waals surface area contributed by atoms with E-state index in [9.17, 15) is 0 Å². The van der Waals surface area contributed by atoms with Crippen molar-refractivity contribution in [3.63, 3.8) is 0 Å². The molecule has 2 N–H and O–H groups in total. The van der Waals surface area contributed by atoms with E-state index in [2.05, 4.69) is 58.9 Å². The monoisotopic (exact) mass is 332 g/mol. The van der Waals surface area contributed by atoms with E-state index in [0.717, 1.165) is 36.6 Å². The molecule has 0 aliphatic rings. The largest absolute Gasteiger partial charge is 0.357 e. The van der Waals surface area contributed by atoms with Crippen molar-refractivity contribution in [1.29, 1.82) is 0 Å². The molecule has 3 rings (SSSR count). The molecule has 0 unspecified atom stereocenters. The lowest BCUT2D eigenvalue weighted by atomic mass is 10.1. The summed E-state index contributed by atoms with van der Waals surface area (Å²) >= 11 is 0. The number of hydrogen-bond donors (Lipinski definition) is 2. The number of fused-ring (bicyclic) bond motifs is 1. The summed E-state index contributed by atoms with van der Waals surface area (Å²) in [7, 11) is 0. The van der Waals surface area contributed by atoms with E-state index in [1.807, 2.05) is 30.5 Å². The molecule has 0 saturated heterocycles. The van der Waals surface area contributed by atoms with Gasteiger partial charge in [-0.1, -0.05) is 54.6 Å². The van der Waals surface area contributed by atoms with Crippen molar-refractivity contribution in [2.24, 2.45) is 4.99 Å². The van der Waals surface area contributed by atoms with Gasteiger partial charge in [0, 0.05) is 24.7 Å². The Labute approximate surface area is 149 Å². The molecule has 0 fully saturated rings. The topological polar surface area (TPSA) is 49.3 Å². The first-order chi connectivity index (χ1) is 12.4. The molecule has 1 aromatic heterocycles. The number of guanidine groups is 1. The second kappa shape index (κ2) is 8.83. The zero-order valence-corrected chi connectivity index (χ0v) is 14.6. The molecule has 0 atom stereocenters. The van der Waals surface area contributed by atoms with Crippen LogP contribution in [0.1, 0.15) is 18.2 Å². The van der Waals surface area contributed by atoms with Crippen LogP contribution in [0.3, 0.4) is 0 Å². The molecule has 2 aromatic carbocycles. The highest BCUT2D eigenvalue weighted by molar-refractivity contribution is 5.85. The first kappa shape index (κ1) is 17.0. The molecule has 25 heavy (non-hydrogen) atoms. The third-order valence-electron chi connectivity index (χ3n) is 4.04. The molecule has 0 spiro atoms. The molecule has 0 aliphatic heterocycles. The summed E-state index contributed by atoms with van der Waals surface area (Å²) in [5.41, 5.74) is 2.32. The number of nitrogens with zero attached hydrogens (tertiary/aromatic N) is 2. The summed E-state index contributed by atoms with van der Waals surface area (Å²) in [6.07, 6.45) is 2.82. The highest BCUT2D eigenvalue weighted by Crippen LogP contribution is 2.16. The standard InChI is InChI=1S/C21H24N4/c1-2-22-21(24-14-12-17-8-4-3-5-9-17)25-16-20-19-11-7-6-10-18(19)13-15-23-20/h3-11,13,15H,2,12,14,16H2,1H3,(H2,22,24,25). The zero-order chi connectivity index (χ0) is 17.3. The molecule has 0 saturated carbocycles. The van der Waals surface area contributed by atoms with Gasteiger partial charge in [0.2, 0.25) is 0 Å². The average Bonchev–Trinajstić information content (AvgIpc) is 2.67. The molecule has 0 aliphatic carbocycles. The molecule has 3 aromatic rings. The average molecular weight is 332 g/mol. The van der Waals surface area contributed by atoms with E-state index in [-0.39, 0.29) is 0 Å². The Balaban J connectivity index is 1.65. The Kier molecular flexibility index (Phi) is 5.99. The van der Waals surface area contributed by atoms with E-state index in [1.165, 1.54) is 10.9 Å². The Morgan fingerprint density at radius 3 is 2.60 bits per heavy atom. The molecule has 1 heterocycles. The lowest BCUT2D eigenvalue weighted by Crippen LogP contribution is -2.38. The van der Waals surface area contributed by atoms with Gasteiger partial charge in [-0.2, -0.15) is 0 Å². The number of aliphatic imine (C=N–C) groups is 1. The Hall–Kier alpha value is -2.88. The van der Waals surface area contributed by atoms with Crippen LogP contribution >= 0.6 is 0 Å². The third kappa shape index (κ3) is 4.80. The zero-order valence-electron chi connectivity index (χ0n) is 14.6. The molecule has 0 bridgehead atoms. The third-order valence-corrected chi connectivity index (χ3v) is 4.04. The second-order valence-electron chi connectivity index (χ2n) is 5.84. The minimum absolute atomic E-state index is 0.558. The van der Waals surface area contributed by atoms with Crippen LogP contribution < -0.4 is 10.6 Å². The lowest BCUT2D eigenvalue weighted by Gasteiger charge is -2.11. The number of rotatable bonds is 6. The van der Waals surface area contributed by atoms with E-state index in [4.69, 9.17) is 4.99 Å². The summed E-state index contributed by atoms with van der Waals surface area (Å²) in [5.74, 6) is 0.827. The predicted molar refractivity (Wildman–Crippen MR) is 105 cm³/mol. The van der Waals surface area contributed by atoms with Crippen LogP contribution in [0.2, 0.25) is 0 Å². The Morgan fingerprint density at radius 2 is 1.76 bits per heavy atom. The van der Waals surface area contributed by atoms with Crippen LogP contribution in [-0.4, -0.2) is 24.0 Å². The highest BCUT2D eigenvalue weighted by Gasteiger charge is 2.02. The maximum absolute atomic E-state index is 4.70. The van der Waals surface area contributed by atoms with E-state index in [1.54, 1.807) is 0 Å². The van der Waals surface area contributed by atoms with Crippen molar-refractivity contribution in [3.05, 3.63) is 78.1 Å². The number of benzene rings is 2. The number of nitrogens with one attached hydrogen (secondary N) is 2. The SMILES string of the molecule is CCNC(=NCc1nccc2ccccc12)NCCc1ccccc1. The van der Waals surface area contributed by atoms with Crippen molar-refractivity contribution in [2.45, 2.75) is 19.9 Å². The fourth-order valence-electron chi connectivity index (χ4n) is 2.77. The lowest BCUT2D eigenvalue weighted by molar-refractivity contribution is 0.797. The van der Waals surface area contributed by atoms with Crippen LogP contribution in [0.25, 0.3) is 10.8 Å². The summed E-state index contributed by atoms with van der Waals surface area (Å²) < 4.78 is 0. The van der Waals surface area contributed by atoms with E-state index in [0.29, 0.717) is 6.54 Å². The summed E-state index contributed by atoms with van der Waals surface area (Å²) in [6, 6.07) is 20.8. The van der Waals surface area contributed by atoms with Crippen molar-refractivity contribution >= 4 is 16.7 Å². The van der Waals surface area contributed by atoms with Crippen LogP contribution in [0, 0.1) is 0 Å². The minimum atomic E-state index is 0.558. The molecular formula is C21H24N4. The second-order valence-corrected chi connectivity index (χ2v) is 5.84. The van der Waals surface area contributed by atoms with Gasteiger partial charge in [-0.3, -0.25) is 4.98 Å². The van der Waals surface area contributed by atoms with Gasteiger partial charge >= 0.3 is 0 Å². The number of pyridine rings is 1. The molecule has 4 nitrogen and oxygen atoms in total. The summed E-state index contributed by atoms with van der Waals surface area (Å²) in [6.45, 7) is 4.31. The first-order valence-corrected chi connectivity index (χ1v) is 8.75. The normalized spacial score (nSPS) is 11.5. The van der Waals surface area contributed by atoms with Crippen LogP contribution in [0.4, 0.5) is 0 Å². The maximum Gasteiger partial charge on any atom is 0.191 e. The van der Waals surface area contributed by atoms with Crippen LogP contribution in [0.15, 0.2) is 71.9 Å². The van der Waals surface area contributed by atoms with E-state index >= 15 is 0 Å². The molecule has 0 radical (unpaired) electrons. The fourth-order valence-corrected chi connectivity index (χ4v) is 2.77. The highest BCUT2D eigenvalue weighted by atomic mass is 15.2. The number of hydrogen-bond acceptors (Lipinski definition) is 2. The van der Waals surface area contributed by atoms with Crippen LogP contribution in [-0.2, 0) is 13.0 Å². The molecule has 4 heteroatoms. The van der Waals surface area contributed by atoms with Crippen LogP contribution in [0.5, 0.6) is 0 Å². The molecule has 128 valence electrons.